The number of benzene rings is 3. The third-order valence-electron chi connectivity index (χ3n) is 5.15. The van der Waals surface area contributed by atoms with Crippen LogP contribution in [0.1, 0.15) is 5.56 Å². The van der Waals surface area contributed by atoms with Crippen molar-refractivity contribution in [3.05, 3.63) is 84.8 Å². The lowest BCUT2D eigenvalue weighted by Gasteiger charge is -2.10. The molecule has 5 rings (SSSR count). The Morgan fingerprint density at radius 3 is 2.56 bits per heavy atom. The first kappa shape index (κ1) is 15.8. The number of hydrogen-bond donors (Lipinski definition) is 0. The molecule has 0 aliphatic rings. The van der Waals surface area contributed by atoms with Gasteiger partial charge in [-0.2, -0.15) is 0 Å². The maximum atomic E-state index is 6.04. The van der Waals surface area contributed by atoms with Gasteiger partial charge in [-0.3, -0.25) is 0 Å². The molecule has 2 heterocycles. The Labute approximate surface area is 157 Å². The molecular formula is C24H19N2O+. The van der Waals surface area contributed by atoms with Crippen LogP contribution in [0.4, 0.5) is 0 Å². The van der Waals surface area contributed by atoms with Crippen LogP contribution < -0.4 is 4.57 Å². The van der Waals surface area contributed by atoms with E-state index in [0.717, 1.165) is 22.2 Å². The van der Waals surface area contributed by atoms with E-state index in [1.54, 1.807) is 0 Å². The Bertz CT molecular complexity index is 1300. The summed E-state index contributed by atoms with van der Waals surface area (Å²) in [5.41, 5.74) is 7.86. The summed E-state index contributed by atoms with van der Waals surface area (Å²) >= 11 is 0. The molecule has 0 spiro atoms. The van der Waals surface area contributed by atoms with Gasteiger partial charge in [0.25, 0.3) is 6.33 Å². The standard InChI is InChI=1S/C24H19N2O/c1-16-14-17(10-11-18(16)21-12-13-25-15-26(21)2)19-7-5-9-23-24(19)20-6-3-4-8-22(20)27-23/h3-15H,1-2H3/q+1. The molecule has 0 unspecified atom stereocenters. The zero-order valence-electron chi connectivity index (χ0n) is 15.3. The molecule has 3 heteroatoms. The number of para-hydroxylation sites is 1. The second-order valence-corrected chi connectivity index (χ2v) is 6.88. The van der Waals surface area contributed by atoms with E-state index in [1.165, 1.54) is 27.6 Å². The lowest BCUT2D eigenvalue weighted by atomic mass is 9.95. The molecule has 0 fully saturated rings. The van der Waals surface area contributed by atoms with Crippen molar-refractivity contribution >= 4 is 21.9 Å². The number of nitrogens with zero attached hydrogens (tertiary/aromatic N) is 2. The van der Waals surface area contributed by atoms with Crippen LogP contribution in [0, 0.1) is 6.92 Å². The quantitative estimate of drug-likeness (QED) is 0.396. The molecule has 2 aromatic heterocycles. The highest BCUT2D eigenvalue weighted by atomic mass is 16.3. The second kappa shape index (κ2) is 6.06. The van der Waals surface area contributed by atoms with Gasteiger partial charge >= 0.3 is 0 Å². The molecule has 3 nitrogen and oxygen atoms in total. The third kappa shape index (κ3) is 2.51. The molecular weight excluding hydrogens is 332 g/mol. The van der Waals surface area contributed by atoms with Crippen LogP contribution in [0.25, 0.3) is 44.3 Å². The maximum Gasteiger partial charge on any atom is 0.286 e. The SMILES string of the molecule is Cc1cc(-c2cccc3oc4ccccc4c23)ccc1-c1ccnc[n+]1C. The summed E-state index contributed by atoms with van der Waals surface area (Å²) in [4.78, 5) is 4.17. The smallest absolute Gasteiger partial charge is 0.286 e. The highest BCUT2D eigenvalue weighted by Gasteiger charge is 2.14. The van der Waals surface area contributed by atoms with Crippen LogP contribution in [0.2, 0.25) is 0 Å². The molecule has 0 atom stereocenters. The minimum Gasteiger partial charge on any atom is -0.456 e. The number of hydrogen-bond acceptors (Lipinski definition) is 2. The van der Waals surface area contributed by atoms with E-state index >= 15 is 0 Å². The highest BCUT2D eigenvalue weighted by Crippen LogP contribution is 2.37. The summed E-state index contributed by atoms with van der Waals surface area (Å²) in [6, 6.07) is 23.2. The van der Waals surface area contributed by atoms with Crippen molar-refractivity contribution in [2.45, 2.75) is 6.92 Å². The number of rotatable bonds is 2. The first-order valence-electron chi connectivity index (χ1n) is 9.04. The van der Waals surface area contributed by atoms with E-state index in [0.29, 0.717) is 0 Å². The summed E-state index contributed by atoms with van der Waals surface area (Å²) in [6.45, 7) is 2.16. The molecule has 0 radical (unpaired) electrons. The predicted octanol–water partition coefficient (Wildman–Crippen LogP) is 5.45. The average Bonchev–Trinajstić information content (AvgIpc) is 3.07. The fraction of sp³-hybridized carbons (Fsp3) is 0.0833. The number of furan rings is 1. The van der Waals surface area contributed by atoms with Gasteiger partial charge in [0, 0.05) is 22.4 Å². The number of aryl methyl sites for hydroxylation is 2. The summed E-state index contributed by atoms with van der Waals surface area (Å²) in [5.74, 6) is 0. The van der Waals surface area contributed by atoms with Gasteiger partial charge in [0.15, 0.2) is 0 Å². The first-order chi connectivity index (χ1) is 13.2. The van der Waals surface area contributed by atoms with Gasteiger partial charge in [0.1, 0.15) is 23.1 Å². The molecule has 0 amide bonds. The second-order valence-electron chi connectivity index (χ2n) is 6.88. The van der Waals surface area contributed by atoms with E-state index in [9.17, 15) is 0 Å². The van der Waals surface area contributed by atoms with Crippen LogP contribution >= 0.6 is 0 Å². The average molecular weight is 351 g/mol. The normalized spacial score (nSPS) is 11.3. The van der Waals surface area contributed by atoms with Gasteiger partial charge in [-0.15, -0.1) is 0 Å². The highest BCUT2D eigenvalue weighted by molar-refractivity contribution is 6.12. The zero-order valence-corrected chi connectivity index (χ0v) is 15.3. The molecule has 0 bridgehead atoms. The van der Waals surface area contributed by atoms with E-state index in [2.05, 4.69) is 54.4 Å². The fourth-order valence-electron chi connectivity index (χ4n) is 3.85. The largest absolute Gasteiger partial charge is 0.456 e. The summed E-state index contributed by atoms with van der Waals surface area (Å²) < 4.78 is 8.09. The van der Waals surface area contributed by atoms with E-state index < -0.39 is 0 Å². The maximum absolute atomic E-state index is 6.04. The predicted molar refractivity (Wildman–Crippen MR) is 108 cm³/mol. The lowest BCUT2D eigenvalue weighted by molar-refractivity contribution is -0.663. The van der Waals surface area contributed by atoms with Crippen molar-refractivity contribution < 1.29 is 8.98 Å². The van der Waals surface area contributed by atoms with Gasteiger partial charge in [0.2, 0.25) is 0 Å². The fourth-order valence-corrected chi connectivity index (χ4v) is 3.85. The third-order valence-corrected chi connectivity index (χ3v) is 5.15. The Balaban J connectivity index is 1.72. The number of fused-ring (bicyclic) bond motifs is 3. The van der Waals surface area contributed by atoms with E-state index in [-0.39, 0.29) is 0 Å². The molecule has 0 aliphatic heterocycles. The molecule has 0 saturated heterocycles. The Kier molecular flexibility index (Phi) is 3.54. The molecule has 5 aromatic rings. The Morgan fingerprint density at radius 2 is 1.70 bits per heavy atom. The monoisotopic (exact) mass is 351 g/mol. The summed E-state index contributed by atoms with van der Waals surface area (Å²) in [5, 5.41) is 2.33. The van der Waals surface area contributed by atoms with E-state index in [4.69, 9.17) is 4.42 Å². The first-order valence-corrected chi connectivity index (χ1v) is 9.04. The number of aromatic nitrogens is 2. The Morgan fingerprint density at radius 1 is 0.852 bits per heavy atom. The molecule has 0 saturated carbocycles. The molecule has 27 heavy (non-hydrogen) atoms. The van der Waals surface area contributed by atoms with Crippen molar-refractivity contribution in [2.24, 2.45) is 7.05 Å². The summed E-state index contributed by atoms with van der Waals surface area (Å²) in [6.07, 6.45) is 3.67. The van der Waals surface area contributed by atoms with Crippen molar-refractivity contribution in [3.63, 3.8) is 0 Å². The van der Waals surface area contributed by atoms with Crippen LogP contribution in [0.5, 0.6) is 0 Å². The van der Waals surface area contributed by atoms with Gasteiger partial charge in [-0.05, 0) is 41.8 Å². The zero-order chi connectivity index (χ0) is 18.4. The molecule has 0 N–H and O–H groups in total. The van der Waals surface area contributed by atoms with Crippen molar-refractivity contribution in [1.82, 2.24) is 4.98 Å². The van der Waals surface area contributed by atoms with Crippen LogP contribution in [0.3, 0.4) is 0 Å². The van der Waals surface area contributed by atoms with Crippen LogP contribution in [-0.4, -0.2) is 4.98 Å². The minimum atomic E-state index is 0.927. The topological polar surface area (TPSA) is 29.9 Å². The van der Waals surface area contributed by atoms with E-state index in [1.807, 2.05) is 48.4 Å². The Hall–Kier alpha value is -3.46. The van der Waals surface area contributed by atoms with Gasteiger partial charge in [-0.25, -0.2) is 4.57 Å². The van der Waals surface area contributed by atoms with Gasteiger partial charge in [0.05, 0.1) is 7.05 Å². The lowest BCUT2D eigenvalue weighted by Crippen LogP contribution is -2.31. The van der Waals surface area contributed by atoms with Crippen LogP contribution in [0.15, 0.2) is 83.7 Å². The molecule has 130 valence electrons. The molecule has 3 aromatic carbocycles. The van der Waals surface area contributed by atoms with Crippen LogP contribution in [-0.2, 0) is 7.05 Å². The van der Waals surface area contributed by atoms with Gasteiger partial charge in [-0.1, -0.05) is 47.4 Å². The van der Waals surface area contributed by atoms with Crippen molar-refractivity contribution in [1.29, 1.82) is 0 Å². The molecule has 0 aliphatic carbocycles. The minimum absolute atomic E-state index is 0.927. The van der Waals surface area contributed by atoms with Gasteiger partial charge < -0.3 is 4.42 Å². The van der Waals surface area contributed by atoms with Crippen molar-refractivity contribution in [3.8, 4) is 22.4 Å². The van der Waals surface area contributed by atoms with Crippen molar-refractivity contribution in [2.75, 3.05) is 0 Å². The summed E-state index contributed by atoms with van der Waals surface area (Å²) in [7, 11) is 2.02.